The molecule has 0 amide bonds. The van der Waals surface area contributed by atoms with Crippen molar-refractivity contribution in [2.45, 2.75) is 25.9 Å². The lowest BCUT2D eigenvalue weighted by Crippen LogP contribution is -2.45. The minimum Gasteiger partial charge on any atom is -0.321 e. The number of nitrogens with two attached hydrogens (primary N) is 1. The summed E-state index contributed by atoms with van der Waals surface area (Å²) in [6, 6.07) is 20.9. The van der Waals surface area contributed by atoms with Crippen LogP contribution >= 0.6 is 0 Å². The van der Waals surface area contributed by atoms with Gasteiger partial charge in [0, 0.05) is 13.1 Å². The average molecular weight is 268 g/mol. The Hall–Kier alpha value is -1.64. The van der Waals surface area contributed by atoms with Gasteiger partial charge in [-0.2, -0.15) is 0 Å². The minimum atomic E-state index is -0.327. The summed E-state index contributed by atoms with van der Waals surface area (Å²) in [4.78, 5) is 2.39. The lowest BCUT2D eigenvalue weighted by Gasteiger charge is -2.32. The summed E-state index contributed by atoms with van der Waals surface area (Å²) in [5.74, 6) is 0. The van der Waals surface area contributed by atoms with E-state index in [4.69, 9.17) is 5.73 Å². The highest BCUT2D eigenvalue weighted by molar-refractivity contribution is 5.23. The Balaban J connectivity index is 2.06. The van der Waals surface area contributed by atoms with Crippen LogP contribution in [0.15, 0.2) is 60.7 Å². The second-order valence-corrected chi connectivity index (χ2v) is 5.57. The van der Waals surface area contributed by atoms with Gasteiger partial charge in [-0.05, 0) is 24.6 Å². The summed E-state index contributed by atoms with van der Waals surface area (Å²) in [6.45, 7) is 7.08. The first kappa shape index (κ1) is 14.8. The SMILES string of the molecule is CCN(Cc1ccccc1)CC(C)(N)c1ccccc1. The molecule has 0 bridgehead atoms. The molecule has 0 fully saturated rings. The van der Waals surface area contributed by atoms with Gasteiger partial charge in [0.15, 0.2) is 0 Å². The maximum Gasteiger partial charge on any atom is 0.0510 e. The number of hydrogen-bond acceptors (Lipinski definition) is 2. The van der Waals surface area contributed by atoms with E-state index in [1.54, 1.807) is 0 Å². The molecule has 0 saturated heterocycles. The summed E-state index contributed by atoms with van der Waals surface area (Å²) in [5.41, 5.74) is 8.72. The van der Waals surface area contributed by atoms with Gasteiger partial charge in [-0.3, -0.25) is 4.90 Å². The first-order valence-corrected chi connectivity index (χ1v) is 7.22. The van der Waals surface area contributed by atoms with Crippen LogP contribution in [-0.4, -0.2) is 18.0 Å². The Bertz CT molecular complexity index is 505. The molecule has 20 heavy (non-hydrogen) atoms. The van der Waals surface area contributed by atoms with Crippen molar-refractivity contribution in [1.29, 1.82) is 0 Å². The highest BCUT2D eigenvalue weighted by atomic mass is 15.1. The van der Waals surface area contributed by atoms with Crippen molar-refractivity contribution in [2.24, 2.45) is 5.73 Å². The van der Waals surface area contributed by atoms with Gasteiger partial charge in [-0.25, -0.2) is 0 Å². The third-order valence-electron chi connectivity index (χ3n) is 3.68. The number of benzene rings is 2. The standard InChI is InChI=1S/C18H24N2/c1-3-20(14-16-10-6-4-7-11-16)15-18(2,19)17-12-8-5-9-13-17/h4-13H,3,14-15,19H2,1-2H3. The molecule has 106 valence electrons. The maximum atomic E-state index is 6.53. The Labute approximate surface area is 122 Å². The molecular formula is C18H24N2. The van der Waals surface area contributed by atoms with Crippen LogP contribution in [0.4, 0.5) is 0 Å². The van der Waals surface area contributed by atoms with Gasteiger partial charge in [0.05, 0.1) is 5.54 Å². The Morgan fingerprint density at radius 2 is 1.50 bits per heavy atom. The van der Waals surface area contributed by atoms with E-state index in [1.165, 1.54) is 11.1 Å². The molecule has 2 nitrogen and oxygen atoms in total. The van der Waals surface area contributed by atoms with Crippen molar-refractivity contribution in [3.05, 3.63) is 71.8 Å². The second-order valence-electron chi connectivity index (χ2n) is 5.57. The largest absolute Gasteiger partial charge is 0.321 e. The van der Waals surface area contributed by atoms with Crippen molar-refractivity contribution in [3.63, 3.8) is 0 Å². The minimum absolute atomic E-state index is 0.327. The van der Waals surface area contributed by atoms with Gasteiger partial charge in [0.1, 0.15) is 0 Å². The molecule has 0 spiro atoms. The molecule has 1 atom stereocenters. The summed E-state index contributed by atoms with van der Waals surface area (Å²) < 4.78 is 0. The molecule has 0 saturated carbocycles. The fraction of sp³-hybridized carbons (Fsp3) is 0.333. The Morgan fingerprint density at radius 3 is 2.05 bits per heavy atom. The zero-order chi connectivity index (χ0) is 14.4. The van der Waals surface area contributed by atoms with E-state index in [2.05, 4.69) is 61.2 Å². The van der Waals surface area contributed by atoms with E-state index in [-0.39, 0.29) is 5.54 Å². The summed E-state index contributed by atoms with van der Waals surface area (Å²) in [5, 5.41) is 0. The fourth-order valence-corrected chi connectivity index (χ4v) is 2.50. The van der Waals surface area contributed by atoms with E-state index in [1.807, 2.05) is 18.2 Å². The van der Waals surface area contributed by atoms with Gasteiger partial charge in [0.2, 0.25) is 0 Å². The molecule has 0 heterocycles. The van der Waals surface area contributed by atoms with E-state index in [0.717, 1.165) is 19.6 Å². The van der Waals surface area contributed by atoms with Crippen LogP contribution in [0.2, 0.25) is 0 Å². The van der Waals surface area contributed by atoms with Crippen molar-refractivity contribution in [2.75, 3.05) is 13.1 Å². The second kappa shape index (κ2) is 6.69. The molecular weight excluding hydrogens is 244 g/mol. The van der Waals surface area contributed by atoms with E-state index in [9.17, 15) is 0 Å². The van der Waals surface area contributed by atoms with E-state index in [0.29, 0.717) is 0 Å². The van der Waals surface area contributed by atoms with Gasteiger partial charge in [0.25, 0.3) is 0 Å². The number of rotatable bonds is 6. The number of hydrogen-bond donors (Lipinski definition) is 1. The summed E-state index contributed by atoms with van der Waals surface area (Å²) in [7, 11) is 0. The molecule has 1 unspecified atom stereocenters. The van der Waals surface area contributed by atoms with Crippen molar-refractivity contribution in [1.82, 2.24) is 4.90 Å². The average Bonchev–Trinajstić information content (AvgIpc) is 2.48. The summed E-state index contributed by atoms with van der Waals surface area (Å²) >= 11 is 0. The highest BCUT2D eigenvalue weighted by Gasteiger charge is 2.23. The van der Waals surface area contributed by atoms with E-state index < -0.39 is 0 Å². The van der Waals surface area contributed by atoms with Gasteiger partial charge in [-0.1, -0.05) is 67.6 Å². The maximum absolute atomic E-state index is 6.53. The first-order valence-electron chi connectivity index (χ1n) is 7.22. The van der Waals surface area contributed by atoms with Crippen LogP contribution in [0.5, 0.6) is 0 Å². The lowest BCUT2D eigenvalue weighted by atomic mass is 9.92. The molecule has 2 N–H and O–H groups in total. The predicted molar refractivity (Wildman–Crippen MR) is 85.4 cm³/mol. The smallest absolute Gasteiger partial charge is 0.0510 e. The molecule has 2 aromatic carbocycles. The topological polar surface area (TPSA) is 29.3 Å². The lowest BCUT2D eigenvalue weighted by molar-refractivity contribution is 0.219. The van der Waals surface area contributed by atoms with Crippen LogP contribution in [-0.2, 0) is 12.1 Å². The quantitative estimate of drug-likeness (QED) is 0.870. The van der Waals surface area contributed by atoms with E-state index >= 15 is 0 Å². The van der Waals surface area contributed by atoms with Crippen LogP contribution in [0, 0.1) is 0 Å². The van der Waals surface area contributed by atoms with Crippen LogP contribution in [0.25, 0.3) is 0 Å². The van der Waals surface area contributed by atoms with Crippen molar-refractivity contribution in [3.8, 4) is 0 Å². The third kappa shape index (κ3) is 3.92. The molecule has 0 aliphatic heterocycles. The molecule has 0 radical (unpaired) electrons. The van der Waals surface area contributed by atoms with Crippen molar-refractivity contribution >= 4 is 0 Å². The molecule has 2 heteroatoms. The predicted octanol–water partition coefficient (Wildman–Crippen LogP) is 3.38. The third-order valence-corrected chi connectivity index (χ3v) is 3.68. The normalized spacial score (nSPS) is 14.2. The molecule has 2 rings (SSSR count). The molecule has 0 aliphatic rings. The van der Waals surface area contributed by atoms with Crippen LogP contribution in [0.3, 0.4) is 0 Å². The van der Waals surface area contributed by atoms with Crippen LogP contribution in [0.1, 0.15) is 25.0 Å². The highest BCUT2D eigenvalue weighted by Crippen LogP contribution is 2.19. The molecule has 0 aliphatic carbocycles. The van der Waals surface area contributed by atoms with Crippen molar-refractivity contribution < 1.29 is 0 Å². The molecule has 2 aromatic rings. The molecule has 0 aromatic heterocycles. The zero-order valence-electron chi connectivity index (χ0n) is 12.4. The fourth-order valence-electron chi connectivity index (χ4n) is 2.50. The van der Waals surface area contributed by atoms with Gasteiger partial charge >= 0.3 is 0 Å². The van der Waals surface area contributed by atoms with Gasteiger partial charge < -0.3 is 5.73 Å². The number of nitrogens with zero attached hydrogens (tertiary/aromatic N) is 1. The monoisotopic (exact) mass is 268 g/mol. The Morgan fingerprint density at radius 1 is 0.950 bits per heavy atom. The van der Waals surface area contributed by atoms with Crippen LogP contribution < -0.4 is 5.73 Å². The Kier molecular flexibility index (Phi) is 4.94. The zero-order valence-corrected chi connectivity index (χ0v) is 12.4. The number of likely N-dealkylation sites (N-methyl/N-ethyl adjacent to an activating group) is 1. The summed E-state index contributed by atoms with van der Waals surface area (Å²) in [6.07, 6.45) is 0. The van der Waals surface area contributed by atoms with Gasteiger partial charge in [-0.15, -0.1) is 0 Å². The first-order chi connectivity index (χ1) is 9.62.